The molecule has 4 heteroatoms. The quantitative estimate of drug-likeness (QED) is 0.650. The highest BCUT2D eigenvalue weighted by molar-refractivity contribution is 5.88. The largest absolute Gasteiger partial charge is 0.478 e. The van der Waals surface area contributed by atoms with Crippen LogP contribution in [-0.2, 0) is 0 Å². The maximum absolute atomic E-state index is 10.3. The topological polar surface area (TPSA) is 89.4 Å². The number of carboxylic acid groups (broad SMARTS) is 1. The Bertz CT molecular complexity index is 279. The van der Waals surface area contributed by atoms with E-state index in [2.05, 4.69) is 0 Å². The predicted octanol–water partition coefficient (Wildman–Crippen LogP) is 1.36. The lowest BCUT2D eigenvalue weighted by Gasteiger charge is -1.92. The molecule has 0 fully saturated rings. The molecular weight excluding hydrogens is 158 g/mol. The lowest BCUT2D eigenvalue weighted by atomic mass is 10.1. The summed E-state index contributed by atoms with van der Waals surface area (Å²) in [5.41, 5.74) is 0.672. The zero-order valence-corrected chi connectivity index (χ0v) is 6.36. The zero-order valence-electron chi connectivity index (χ0n) is 6.36. The Morgan fingerprint density at radius 3 is 2.08 bits per heavy atom. The van der Waals surface area contributed by atoms with Gasteiger partial charge >= 0.3 is 5.97 Å². The number of aromatic carboxylic acids is 1. The van der Waals surface area contributed by atoms with Crippen molar-refractivity contribution in [3.8, 4) is 0 Å². The van der Waals surface area contributed by atoms with Crippen molar-refractivity contribution in [2.24, 2.45) is 0 Å². The van der Waals surface area contributed by atoms with E-state index < -0.39 is 5.97 Å². The highest BCUT2D eigenvalue weighted by Crippen LogP contribution is 2.01. The summed E-state index contributed by atoms with van der Waals surface area (Å²) >= 11 is 0. The van der Waals surface area contributed by atoms with Gasteiger partial charge in [0.05, 0.1) is 5.56 Å². The van der Waals surface area contributed by atoms with E-state index >= 15 is 0 Å². The van der Waals surface area contributed by atoms with Gasteiger partial charge in [0, 0.05) is 5.56 Å². The molecule has 0 saturated heterocycles. The van der Waals surface area contributed by atoms with E-state index in [1.807, 2.05) is 0 Å². The van der Waals surface area contributed by atoms with Gasteiger partial charge in [-0.3, -0.25) is 4.79 Å². The zero-order chi connectivity index (χ0) is 8.27. The number of carbonyl (C=O) groups is 2. The molecule has 0 spiro atoms. The lowest BCUT2D eigenvalue weighted by Crippen LogP contribution is -1.95. The van der Waals surface area contributed by atoms with Crippen molar-refractivity contribution in [1.29, 1.82) is 0 Å². The fourth-order valence-corrected chi connectivity index (χ4v) is 0.704. The third-order valence-electron chi connectivity index (χ3n) is 1.29. The molecule has 0 aliphatic heterocycles. The van der Waals surface area contributed by atoms with Gasteiger partial charge in [0.1, 0.15) is 6.29 Å². The first-order valence-electron chi connectivity index (χ1n) is 3.02. The number of benzene rings is 1. The monoisotopic (exact) mass is 167 g/mol. The van der Waals surface area contributed by atoms with Crippen molar-refractivity contribution < 1.29 is 14.7 Å². The molecule has 12 heavy (non-hydrogen) atoms. The van der Waals surface area contributed by atoms with E-state index in [4.69, 9.17) is 5.11 Å². The van der Waals surface area contributed by atoms with Crippen molar-refractivity contribution in [3.05, 3.63) is 35.4 Å². The average Bonchev–Trinajstić information content (AvgIpc) is 2.05. The van der Waals surface area contributed by atoms with Gasteiger partial charge in [0.25, 0.3) is 0 Å². The van der Waals surface area contributed by atoms with Crippen LogP contribution < -0.4 is 6.15 Å². The molecule has 1 aromatic carbocycles. The minimum atomic E-state index is -0.984. The molecule has 0 saturated carbocycles. The summed E-state index contributed by atoms with van der Waals surface area (Å²) in [6.45, 7) is 0. The van der Waals surface area contributed by atoms with Gasteiger partial charge in [-0.05, 0) is 12.1 Å². The molecule has 64 valence electrons. The Kier molecular flexibility index (Phi) is 3.66. The molecule has 0 atom stereocenters. The number of hydrogen-bond acceptors (Lipinski definition) is 3. The number of rotatable bonds is 2. The van der Waals surface area contributed by atoms with Gasteiger partial charge in [-0.2, -0.15) is 0 Å². The van der Waals surface area contributed by atoms with Crippen LogP contribution in [0, 0.1) is 0 Å². The van der Waals surface area contributed by atoms with E-state index in [1.165, 1.54) is 24.3 Å². The first-order chi connectivity index (χ1) is 5.24. The standard InChI is InChI=1S/C8H6O3.H3N/c9-5-6-1-3-7(4-2-6)8(10)11;/h1-5H,(H,10,11);1H3. The van der Waals surface area contributed by atoms with Crippen molar-refractivity contribution in [3.63, 3.8) is 0 Å². The fraction of sp³-hybridized carbons (Fsp3) is 0. The van der Waals surface area contributed by atoms with Crippen LogP contribution in [0.3, 0.4) is 0 Å². The van der Waals surface area contributed by atoms with Gasteiger partial charge < -0.3 is 11.3 Å². The normalized spacial score (nSPS) is 8.33. The first-order valence-corrected chi connectivity index (χ1v) is 3.02. The molecule has 0 bridgehead atoms. The van der Waals surface area contributed by atoms with Crippen molar-refractivity contribution in [2.45, 2.75) is 0 Å². The molecule has 0 radical (unpaired) electrons. The molecule has 1 rings (SSSR count). The van der Waals surface area contributed by atoms with E-state index in [-0.39, 0.29) is 11.7 Å². The van der Waals surface area contributed by atoms with Gasteiger partial charge in [-0.15, -0.1) is 0 Å². The first kappa shape index (κ1) is 10.3. The number of aldehydes is 1. The van der Waals surface area contributed by atoms with Crippen molar-refractivity contribution >= 4 is 12.3 Å². The van der Waals surface area contributed by atoms with E-state index in [0.29, 0.717) is 11.8 Å². The summed E-state index contributed by atoms with van der Waals surface area (Å²) in [5, 5.41) is 8.46. The van der Waals surface area contributed by atoms with Crippen molar-refractivity contribution in [1.82, 2.24) is 6.15 Å². The van der Waals surface area contributed by atoms with Crippen LogP contribution >= 0.6 is 0 Å². The highest BCUT2D eigenvalue weighted by atomic mass is 16.4. The Balaban J connectivity index is 0.00000121. The van der Waals surface area contributed by atoms with Gasteiger partial charge in [0.15, 0.2) is 0 Å². The fourth-order valence-electron chi connectivity index (χ4n) is 0.704. The average molecular weight is 167 g/mol. The Morgan fingerprint density at radius 2 is 1.75 bits per heavy atom. The van der Waals surface area contributed by atoms with Crippen LogP contribution in [0.15, 0.2) is 24.3 Å². The second kappa shape index (κ2) is 4.25. The minimum Gasteiger partial charge on any atom is -0.478 e. The Morgan fingerprint density at radius 1 is 1.25 bits per heavy atom. The smallest absolute Gasteiger partial charge is 0.335 e. The summed E-state index contributed by atoms with van der Waals surface area (Å²) < 4.78 is 0. The molecule has 0 aromatic heterocycles. The number of hydrogen-bond donors (Lipinski definition) is 2. The summed E-state index contributed by atoms with van der Waals surface area (Å²) in [4.78, 5) is 20.5. The van der Waals surface area contributed by atoms with Gasteiger partial charge in [-0.25, -0.2) is 4.79 Å². The second-order valence-electron chi connectivity index (χ2n) is 2.05. The number of carboxylic acids is 1. The predicted molar refractivity (Wildman–Crippen MR) is 43.8 cm³/mol. The molecule has 0 amide bonds. The van der Waals surface area contributed by atoms with Crippen LogP contribution in [0.1, 0.15) is 20.7 Å². The van der Waals surface area contributed by atoms with Crippen LogP contribution in [0.4, 0.5) is 0 Å². The van der Waals surface area contributed by atoms with E-state index in [9.17, 15) is 9.59 Å². The summed E-state index contributed by atoms with van der Waals surface area (Å²) in [7, 11) is 0. The maximum atomic E-state index is 10.3. The molecule has 1 aromatic rings. The van der Waals surface area contributed by atoms with Gasteiger partial charge in [0.2, 0.25) is 0 Å². The summed E-state index contributed by atoms with van der Waals surface area (Å²) in [6, 6.07) is 5.73. The van der Waals surface area contributed by atoms with Crippen LogP contribution in [0.25, 0.3) is 0 Å². The minimum absolute atomic E-state index is 0. The highest BCUT2D eigenvalue weighted by Gasteiger charge is 1.99. The van der Waals surface area contributed by atoms with E-state index in [0.717, 1.165) is 0 Å². The Hall–Kier alpha value is -1.68. The van der Waals surface area contributed by atoms with Crippen LogP contribution in [0.2, 0.25) is 0 Å². The van der Waals surface area contributed by atoms with E-state index in [1.54, 1.807) is 0 Å². The summed E-state index contributed by atoms with van der Waals surface area (Å²) in [5.74, 6) is -0.984. The van der Waals surface area contributed by atoms with Crippen LogP contribution in [0.5, 0.6) is 0 Å². The third-order valence-corrected chi connectivity index (χ3v) is 1.29. The number of carbonyl (C=O) groups excluding carboxylic acids is 1. The second-order valence-corrected chi connectivity index (χ2v) is 2.05. The molecule has 4 nitrogen and oxygen atoms in total. The third kappa shape index (κ3) is 2.17. The molecular formula is C8H9NO3. The molecule has 0 aliphatic carbocycles. The van der Waals surface area contributed by atoms with Gasteiger partial charge in [-0.1, -0.05) is 12.1 Å². The SMILES string of the molecule is N.O=Cc1ccc(C(=O)O)cc1. The lowest BCUT2D eigenvalue weighted by molar-refractivity contribution is 0.0696. The Labute approximate surface area is 69.4 Å². The molecule has 0 aliphatic rings. The summed E-state index contributed by atoms with van der Waals surface area (Å²) in [6.07, 6.45) is 0.672. The van der Waals surface area contributed by atoms with Crippen LogP contribution in [-0.4, -0.2) is 17.4 Å². The van der Waals surface area contributed by atoms with Crippen molar-refractivity contribution in [2.75, 3.05) is 0 Å². The molecule has 4 N–H and O–H groups in total. The molecule has 0 heterocycles. The molecule has 0 unspecified atom stereocenters. The maximum Gasteiger partial charge on any atom is 0.335 e.